The number of methoxy groups -OCH3 is 1. The van der Waals surface area contributed by atoms with E-state index in [0.29, 0.717) is 17.9 Å². The van der Waals surface area contributed by atoms with Gasteiger partial charge in [-0.25, -0.2) is 0 Å². The molecule has 0 radical (unpaired) electrons. The molecule has 0 heterocycles. The molecule has 4 heteroatoms. The summed E-state index contributed by atoms with van der Waals surface area (Å²) in [6.07, 6.45) is 1.93. The van der Waals surface area contributed by atoms with Crippen LogP contribution in [0.1, 0.15) is 24.8 Å². The number of anilines is 1. The van der Waals surface area contributed by atoms with Crippen LogP contribution in [0.5, 0.6) is 5.75 Å². The number of allylic oxidation sites excluding steroid dienone is 1. The summed E-state index contributed by atoms with van der Waals surface area (Å²) in [7, 11) is 1.57. The molecule has 1 amide bonds. The Labute approximate surface area is 147 Å². The van der Waals surface area contributed by atoms with E-state index in [1.54, 1.807) is 25.3 Å². The Morgan fingerprint density at radius 1 is 1.08 bits per heavy atom. The Morgan fingerprint density at radius 3 is 2.48 bits per heavy atom. The van der Waals surface area contributed by atoms with Crippen LogP contribution in [0.25, 0.3) is 0 Å². The number of hydrogen-bond donors (Lipinski definition) is 1. The van der Waals surface area contributed by atoms with Gasteiger partial charge in [0.05, 0.1) is 18.7 Å². The summed E-state index contributed by atoms with van der Waals surface area (Å²) < 4.78 is 5.31. The summed E-state index contributed by atoms with van der Waals surface area (Å²) in [6, 6.07) is 17.1. The zero-order valence-corrected chi connectivity index (χ0v) is 14.4. The van der Waals surface area contributed by atoms with Crippen LogP contribution < -0.4 is 10.1 Å². The highest BCUT2D eigenvalue weighted by Crippen LogP contribution is 2.38. The minimum Gasteiger partial charge on any atom is -0.495 e. The van der Waals surface area contributed by atoms with E-state index in [2.05, 4.69) is 5.32 Å². The van der Waals surface area contributed by atoms with Crippen molar-refractivity contribution in [3.8, 4) is 5.75 Å². The zero-order chi connectivity index (χ0) is 17.8. The summed E-state index contributed by atoms with van der Waals surface area (Å²) in [4.78, 5) is 25.1. The first kappa shape index (κ1) is 17.0. The van der Waals surface area contributed by atoms with Crippen molar-refractivity contribution in [2.45, 2.75) is 19.3 Å². The molecule has 0 bridgehead atoms. The minimum atomic E-state index is -0.384. The fourth-order valence-electron chi connectivity index (χ4n) is 3.41. The Hall–Kier alpha value is -2.88. The van der Waals surface area contributed by atoms with Gasteiger partial charge in [-0.2, -0.15) is 0 Å². The van der Waals surface area contributed by atoms with Gasteiger partial charge in [0.15, 0.2) is 5.78 Å². The maximum absolute atomic E-state index is 13.0. The second-order valence-corrected chi connectivity index (χ2v) is 6.24. The molecule has 0 aromatic heterocycles. The van der Waals surface area contributed by atoms with E-state index < -0.39 is 0 Å². The third-order valence-electron chi connectivity index (χ3n) is 4.58. The van der Waals surface area contributed by atoms with Crippen LogP contribution in [0.2, 0.25) is 0 Å². The van der Waals surface area contributed by atoms with Crippen LogP contribution in [0, 0.1) is 5.92 Å². The number of para-hydroxylation sites is 2. The van der Waals surface area contributed by atoms with Crippen molar-refractivity contribution in [1.82, 2.24) is 0 Å². The largest absolute Gasteiger partial charge is 0.495 e. The molecule has 0 aliphatic heterocycles. The summed E-state index contributed by atoms with van der Waals surface area (Å²) >= 11 is 0. The van der Waals surface area contributed by atoms with Crippen LogP contribution in [-0.4, -0.2) is 18.8 Å². The Balaban J connectivity index is 1.92. The summed E-state index contributed by atoms with van der Waals surface area (Å²) in [5, 5.41) is 2.96. The highest BCUT2D eigenvalue weighted by molar-refractivity contribution is 6.00. The SMILES string of the molecule is COc1ccccc1NC(=O)C1C(C)=CC(=O)CC1c1ccccc1. The predicted molar refractivity (Wildman–Crippen MR) is 97.7 cm³/mol. The average Bonchev–Trinajstić information content (AvgIpc) is 2.62. The number of rotatable bonds is 4. The van der Waals surface area contributed by atoms with Crippen LogP contribution in [0.4, 0.5) is 5.69 Å². The molecule has 0 spiro atoms. The molecule has 4 nitrogen and oxygen atoms in total. The molecular formula is C21H21NO3. The van der Waals surface area contributed by atoms with E-state index in [9.17, 15) is 9.59 Å². The van der Waals surface area contributed by atoms with Gasteiger partial charge in [0.1, 0.15) is 5.75 Å². The minimum absolute atomic E-state index is 0.0627. The summed E-state index contributed by atoms with van der Waals surface area (Å²) in [5.74, 6) is 0.00588. The lowest BCUT2D eigenvalue weighted by atomic mass is 9.74. The first-order valence-corrected chi connectivity index (χ1v) is 8.30. The lowest BCUT2D eigenvalue weighted by Crippen LogP contribution is -2.33. The molecule has 0 saturated carbocycles. The monoisotopic (exact) mass is 335 g/mol. The third kappa shape index (κ3) is 3.63. The van der Waals surface area contributed by atoms with E-state index in [-0.39, 0.29) is 23.5 Å². The fourth-order valence-corrected chi connectivity index (χ4v) is 3.41. The second-order valence-electron chi connectivity index (χ2n) is 6.24. The van der Waals surface area contributed by atoms with Gasteiger partial charge >= 0.3 is 0 Å². The maximum atomic E-state index is 13.0. The second kappa shape index (κ2) is 7.34. The van der Waals surface area contributed by atoms with Gasteiger partial charge in [-0.05, 0) is 30.7 Å². The average molecular weight is 335 g/mol. The fraction of sp³-hybridized carbons (Fsp3) is 0.238. The molecule has 1 aliphatic rings. The summed E-state index contributed by atoms with van der Waals surface area (Å²) in [6.45, 7) is 1.85. The van der Waals surface area contributed by atoms with Crippen LogP contribution in [0.3, 0.4) is 0 Å². The van der Waals surface area contributed by atoms with Crippen LogP contribution in [-0.2, 0) is 9.59 Å². The predicted octanol–water partition coefficient (Wildman–Crippen LogP) is 3.95. The quantitative estimate of drug-likeness (QED) is 0.920. The molecule has 2 aromatic rings. The lowest BCUT2D eigenvalue weighted by Gasteiger charge is -2.30. The number of ketones is 1. The van der Waals surface area contributed by atoms with E-state index in [1.807, 2.05) is 49.4 Å². The molecule has 0 saturated heterocycles. The van der Waals surface area contributed by atoms with Gasteiger partial charge < -0.3 is 10.1 Å². The Morgan fingerprint density at radius 2 is 1.76 bits per heavy atom. The molecule has 2 aromatic carbocycles. The van der Waals surface area contributed by atoms with E-state index >= 15 is 0 Å². The Kier molecular flexibility index (Phi) is 4.98. The molecule has 128 valence electrons. The molecule has 2 unspecified atom stereocenters. The number of ether oxygens (including phenoxy) is 1. The van der Waals surface area contributed by atoms with Crippen molar-refractivity contribution in [1.29, 1.82) is 0 Å². The van der Waals surface area contributed by atoms with Crippen molar-refractivity contribution in [2.24, 2.45) is 5.92 Å². The standard InChI is InChI=1S/C21H21NO3/c1-14-12-16(23)13-17(15-8-4-3-5-9-15)20(14)21(24)22-18-10-6-7-11-19(18)25-2/h3-12,17,20H,13H2,1-2H3,(H,22,24). The molecule has 2 atom stereocenters. The normalized spacial score (nSPS) is 19.9. The zero-order valence-electron chi connectivity index (χ0n) is 14.4. The van der Waals surface area contributed by atoms with E-state index in [4.69, 9.17) is 4.74 Å². The van der Waals surface area contributed by atoms with E-state index in [1.165, 1.54) is 0 Å². The Bertz CT molecular complexity index is 811. The smallest absolute Gasteiger partial charge is 0.232 e. The highest BCUT2D eigenvalue weighted by Gasteiger charge is 2.35. The van der Waals surface area contributed by atoms with Gasteiger partial charge in [0, 0.05) is 12.3 Å². The van der Waals surface area contributed by atoms with Gasteiger partial charge in [-0.3, -0.25) is 9.59 Å². The molecule has 3 rings (SSSR count). The van der Waals surface area contributed by atoms with Gasteiger partial charge in [0.25, 0.3) is 0 Å². The number of nitrogens with one attached hydrogen (secondary N) is 1. The maximum Gasteiger partial charge on any atom is 0.232 e. The molecule has 0 fully saturated rings. The first-order chi connectivity index (χ1) is 12.1. The van der Waals surface area contributed by atoms with Crippen molar-refractivity contribution < 1.29 is 14.3 Å². The topological polar surface area (TPSA) is 55.4 Å². The van der Waals surface area contributed by atoms with Crippen molar-refractivity contribution in [2.75, 3.05) is 12.4 Å². The van der Waals surface area contributed by atoms with Crippen LogP contribution in [0.15, 0.2) is 66.2 Å². The van der Waals surface area contributed by atoms with Crippen molar-refractivity contribution in [3.63, 3.8) is 0 Å². The number of carbonyl (C=O) groups excluding carboxylic acids is 2. The van der Waals surface area contributed by atoms with E-state index in [0.717, 1.165) is 11.1 Å². The molecule has 1 aliphatic carbocycles. The van der Waals surface area contributed by atoms with Crippen LogP contribution >= 0.6 is 0 Å². The highest BCUT2D eigenvalue weighted by atomic mass is 16.5. The van der Waals surface area contributed by atoms with Gasteiger partial charge in [-0.1, -0.05) is 48.0 Å². The van der Waals surface area contributed by atoms with Crippen molar-refractivity contribution in [3.05, 3.63) is 71.8 Å². The van der Waals surface area contributed by atoms with Gasteiger partial charge in [-0.15, -0.1) is 0 Å². The summed E-state index contributed by atoms with van der Waals surface area (Å²) in [5.41, 5.74) is 2.42. The lowest BCUT2D eigenvalue weighted by molar-refractivity contribution is -0.121. The van der Waals surface area contributed by atoms with Crippen molar-refractivity contribution >= 4 is 17.4 Å². The third-order valence-corrected chi connectivity index (χ3v) is 4.58. The number of benzene rings is 2. The number of amides is 1. The first-order valence-electron chi connectivity index (χ1n) is 8.30. The number of carbonyl (C=O) groups is 2. The molecular weight excluding hydrogens is 314 g/mol. The molecule has 1 N–H and O–H groups in total. The van der Waals surface area contributed by atoms with Gasteiger partial charge in [0.2, 0.25) is 5.91 Å². The number of hydrogen-bond acceptors (Lipinski definition) is 3. The molecule has 25 heavy (non-hydrogen) atoms.